The minimum atomic E-state index is -2.67. The zero-order chi connectivity index (χ0) is 17.9. The third-order valence-corrected chi connectivity index (χ3v) is 7.02. The number of benzene rings is 1. The van der Waals surface area contributed by atoms with E-state index in [2.05, 4.69) is 4.98 Å². The summed E-state index contributed by atoms with van der Waals surface area (Å²) in [5, 5.41) is 2.09. The van der Waals surface area contributed by atoms with E-state index in [0.29, 0.717) is 19.3 Å². The fraction of sp³-hybridized carbons (Fsp3) is 0.524. The second kappa shape index (κ2) is 5.48. The second-order valence-electron chi connectivity index (χ2n) is 8.07. The van der Waals surface area contributed by atoms with E-state index in [9.17, 15) is 13.6 Å². The molecule has 0 N–H and O–H groups in total. The van der Waals surface area contributed by atoms with Gasteiger partial charge >= 0.3 is 5.97 Å². The predicted molar refractivity (Wildman–Crippen MR) is 92.7 cm³/mol. The largest absolute Gasteiger partial charge is 0.465 e. The number of aryl methyl sites for hydroxylation is 1. The zero-order valence-corrected chi connectivity index (χ0v) is 14.5. The molecule has 1 heterocycles. The molecule has 0 saturated heterocycles. The number of esters is 1. The third kappa shape index (κ3) is 2.09. The molecule has 3 nitrogen and oxygen atoms in total. The van der Waals surface area contributed by atoms with Gasteiger partial charge in [-0.2, -0.15) is 0 Å². The van der Waals surface area contributed by atoms with Crippen LogP contribution < -0.4 is 0 Å². The third-order valence-electron chi connectivity index (χ3n) is 7.02. The highest BCUT2D eigenvalue weighted by Gasteiger charge is 2.85. The van der Waals surface area contributed by atoms with Crippen molar-refractivity contribution in [2.75, 3.05) is 6.61 Å². The maximum absolute atomic E-state index is 14.6. The molecule has 136 valence electrons. The van der Waals surface area contributed by atoms with Crippen LogP contribution in [0.1, 0.15) is 31.2 Å². The van der Waals surface area contributed by atoms with Crippen molar-refractivity contribution in [3.05, 3.63) is 42.2 Å². The first-order chi connectivity index (χ1) is 12.5. The number of rotatable bonds is 5. The summed E-state index contributed by atoms with van der Waals surface area (Å²) in [6.07, 6.45) is 6.34. The molecular weight excluding hydrogens is 336 g/mol. The van der Waals surface area contributed by atoms with Crippen LogP contribution in [0.2, 0.25) is 0 Å². The summed E-state index contributed by atoms with van der Waals surface area (Å²) in [6.45, 7) is -0.113. The van der Waals surface area contributed by atoms with Gasteiger partial charge in [0.15, 0.2) is 0 Å². The molecule has 4 bridgehead atoms. The van der Waals surface area contributed by atoms with E-state index < -0.39 is 23.2 Å². The Morgan fingerprint density at radius 3 is 2.81 bits per heavy atom. The fourth-order valence-electron chi connectivity index (χ4n) is 5.64. The second-order valence-corrected chi connectivity index (χ2v) is 8.07. The number of halogens is 2. The van der Waals surface area contributed by atoms with Crippen LogP contribution in [0.4, 0.5) is 8.78 Å². The van der Waals surface area contributed by atoms with Gasteiger partial charge in [-0.15, -0.1) is 0 Å². The van der Waals surface area contributed by atoms with Crippen molar-refractivity contribution in [3.8, 4) is 0 Å². The summed E-state index contributed by atoms with van der Waals surface area (Å²) in [6, 6.07) is 7.88. The van der Waals surface area contributed by atoms with Gasteiger partial charge in [0.05, 0.1) is 5.41 Å². The standard InChI is InChI=1S/C21H21F2NO2/c22-21(23)15-6-7-17-18(9-15)20(17,21)12-26-19(25)8-5-14-11-24-10-13-3-1-2-4-16(13)14/h1-4,10-11,15,17-18H,5-9,12H2. The SMILES string of the molecule is O=C(CCc1cncc2ccccc12)OCC12C3CCC(CC31)C2(F)F. The molecule has 0 spiro atoms. The molecular formula is C21H21F2NO2. The lowest BCUT2D eigenvalue weighted by molar-refractivity contribution is -0.165. The van der Waals surface area contributed by atoms with Crippen molar-refractivity contribution in [2.45, 2.75) is 38.0 Å². The number of hydrogen-bond acceptors (Lipinski definition) is 3. The molecule has 0 amide bonds. The number of alkyl halides is 2. The molecule has 4 atom stereocenters. The van der Waals surface area contributed by atoms with Crippen LogP contribution in [0.5, 0.6) is 0 Å². The van der Waals surface area contributed by atoms with E-state index in [1.165, 1.54) is 0 Å². The molecule has 26 heavy (non-hydrogen) atoms. The number of pyridine rings is 1. The van der Waals surface area contributed by atoms with Crippen LogP contribution >= 0.6 is 0 Å². The maximum Gasteiger partial charge on any atom is 0.306 e. The first kappa shape index (κ1) is 16.2. The fourth-order valence-corrected chi connectivity index (χ4v) is 5.64. The van der Waals surface area contributed by atoms with E-state index in [0.717, 1.165) is 22.8 Å². The minimum absolute atomic E-state index is 0.0533. The highest BCUT2D eigenvalue weighted by atomic mass is 19.3. The average molecular weight is 357 g/mol. The van der Waals surface area contributed by atoms with Gasteiger partial charge in [0, 0.05) is 30.1 Å². The lowest BCUT2D eigenvalue weighted by atomic mass is 9.78. The number of hydrogen-bond donors (Lipinski definition) is 0. The number of carbonyl (C=O) groups is 1. The van der Waals surface area contributed by atoms with Gasteiger partial charge < -0.3 is 4.74 Å². The summed E-state index contributed by atoms with van der Waals surface area (Å²) >= 11 is 0. The Morgan fingerprint density at radius 2 is 2.04 bits per heavy atom. The van der Waals surface area contributed by atoms with Gasteiger partial charge in [-0.05, 0) is 48.5 Å². The van der Waals surface area contributed by atoms with Crippen molar-refractivity contribution in [1.82, 2.24) is 4.98 Å². The van der Waals surface area contributed by atoms with Gasteiger partial charge in [-0.1, -0.05) is 24.3 Å². The average Bonchev–Trinajstić information content (AvgIpc) is 3.28. The number of aromatic nitrogens is 1. The van der Waals surface area contributed by atoms with E-state index in [-0.39, 0.29) is 24.9 Å². The number of ether oxygens (including phenoxy) is 1. The Balaban J connectivity index is 1.23. The maximum atomic E-state index is 14.6. The van der Waals surface area contributed by atoms with Crippen molar-refractivity contribution in [1.29, 1.82) is 0 Å². The van der Waals surface area contributed by atoms with E-state index in [1.54, 1.807) is 12.4 Å². The van der Waals surface area contributed by atoms with Crippen molar-refractivity contribution >= 4 is 16.7 Å². The molecule has 2 aromatic rings. The molecule has 4 saturated carbocycles. The lowest BCUT2D eigenvalue weighted by Crippen LogP contribution is -2.42. The Kier molecular flexibility index (Phi) is 3.40. The molecule has 4 fully saturated rings. The molecule has 4 aliphatic rings. The van der Waals surface area contributed by atoms with Crippen LogP contribution in [0.15, 0.2) is 36.7 Å². The van der Waals surface area contributed by atoms with Gasteiger partial charge in [-0.3, -0.25) is 9.78 Å². The number of nitrogens with zero attached hydrogens (tertiary/aromatic N) is 1. The Morgan fingerprint density at radius 1 is 1.19 bits per heavy atom. The molecule has 0 radical (unpaired) electrons. The summed E-state index contributed by atoms with van der Waals surface area (Å²) < 4.78 is 34.6. The number of carbonyl (C=O) groups excluding carboxylic acids is 1. The molecule has 4 unspecified atom stereocenters. The Labute approximate surface area is 150 Å². The monoisotopic (exact) mass is 357 g/mol. The Hall–Kier alpha value is -2.04. The summed E-state index contributed by atoms with van der Waals surface area (Å²) in [5.41, 5.74) is -0.0696. The quantitative estimate of drug-likeness (QED) is 0.745. The van der Waals surface area contributed by atoms with Crippen molar-refractivity contribution in [2.24, 2.45) is 23.2 Å². The minimum Gasteiger partial charge on any atom is -0.465 e. The van der Waals surface area contributed by atoms with Crippen LogP contribution in [0.25, 0.3) is 10.8 Å². The summed E-state index contributed by atoms with van der Waals surface area (Å²) in [7, 11) is 0. The highest BCUT2D eigenvalue weighted by Crippen LogP contribution is 2.81. The highest BCUT2D eigenvalue weighted by molar-refractivity contribution is 5.85. The molecule has 1 aromatic carbocycles. The molecule has 6 rings (SSSR count). The van der Waals surface area contributed by atoms with E-state index >= 15 is 0 Å². The predicted octanol–water partition coefficient (Wildman–Crippen LogP) is 4.39. The van der Waals surface area contributed by atoms with E-state index in [4.69, 9.17) is 4.74 Å². The van der Waals surface area contributed by atoms with Crippen LogP contribution in [-0.4, -0.2) is 23.5 Å². The van der Waals surface area contributed by atoms with E-state index in [1.807, 2.05) is 24.3 Å². The first-order valence-electron chi connectivity index (χ1n) is 9.39. The van der Waals surface area contributed by atoms with Gasteiger partial charge in [0.2, 0.25) is 0 Å². The summed E-state index contributed by atoms with van der Waals surface area (Å²) in [5.74, 6) is -3.45. The van der Waals surface area contributed by atoms with Gasteiger partial charge in [0.1, 0.15) is 6.61 Å². The van der Waals surface area contributed by atoms with Crippen LogP contribution in [-0.2, 0) is 16.0 Å². The molecule has 4 aliphatic carbocycles. The normalized spacial score (nSPS) is 33.2. The molecule has 5 heteroatoms. The van der Waals surface area contributed by atoms with Gasteiger partial charge in [0.25, 0.3) is 5.92 Å². The summed E-state index contributed by atoms with van der Waals surface area (Å²) in [4.78, 5) is 16.4. The van der Waals surface area contributed by atoms with Crippen LogP contribution in [0.3, 0.4) is 0 Å². The van der Waals surface area contributed by atoms with Crippen LogP contribution in [0, 0.1) is 23.2 Å². The van der Waals surface area contributed by atoms with Gasteiger partial charge in [-0.25, -0.2) is 8.78 Å². The van der Waals surface area contributed by atoms with Crippen molar-refractivity contribution in [3.63, 3.8) is 0 Å². The molecule has 0 aliphatic heterocycles. The molecule has 1 aromatic heterocycles. The first-order valence-corrected chi connectivity index (χ1v) is 9.39. The lowest BCUT2D eigenvalue weighted by Gasteiger charge is -2.35. The number of fused-ring (bicyclic) bond motifs is 2. The smallest absolute Gasteiger partial charge is 0.306 e. The zero-order valence-electron chi connectivity index (χ0n) is 14.5. The van der Waals surface area contributed by atoms with Crippen molar-refractivity contribution < 1.29 is 18.3 Å². The topological polar surface area (TPSA) is 39.2 Å². The Bertz CT molecular complexity index is 872.